The SMILES string of the molecule is CC(C)(Cc1cc[nH]n1)c1ccccc1.c1ccc2ncccc2c1. The molecule has 0 amide bonds. The summed E-state index contributed by atoms with van der Waals surface area (Å²) in [6, 6.07) is 24.7. The number of nitrogens with one attached hydrogen (secondary N) is 1. The maximum absolute atomic E-state index is 4.20. The maximum Gasteiger partial charge on any atom is 0.0701 e. The maximum atomic E-state index is 4.20. The lowest BCUT2D eigenvalue weighted by atomic mass is 9.81. The second-order valence-electron chi connectivity index (χ2n) is 6.69. The molecule has 0 unspecified atom stereocenters. The first-order valence-corrected chi connectivity index (χ1v) is 8.49. The van der Waals surface area contributed by atoms with Crippen molar-refractivity contribution in [1.29, 1.82) is 0 Å². The summed E-state index contributed by atoms with van der Waals surface area (Å²) >= 11 is 0. The van der Waals surface area contributed by atoms with E-state index in [-0.39, 0.29) is 5.41 Å². The normalized spacial score (nSPS) is 11.0. The van der Waals surface area contributed by atoms with E-state index in [1.807, 2.05) is 48.8 Å². The first-order valence-electron chi connectivity index (χ1n) is 8.49. The number of hydrogen-bond acceptors (Lipinski definition) is 2. The molecule has 3 nitrogen and oxygen atoms in total. The van der Waals surface area contributed by atoms with Gasteiger partial charge in [-0.25, -0.2) is 0 Å². The molecule has 1 N–H and O–H groups in total. The van der Waals surface area contributed by atoms with Gasteiger partial charge in [-0.2, -0.15) is 5.10 Å². The van der Waals surface area contributed by atoms with E-state index in [2.05, 4.69) is 65.4 Å². The van der Waals surface area contributed by atoms with Crippen LogP contribution in [-0.4, -0.2) is 15.2 Å². The molecule has 0 saturated heterocycles. The lowest BCUT2D eigenvalue weighted by Gasteiger charge is -2.24. The summed E-state index contributed by atoms with van der Waals surface area (Å²) in [6.45, 7) is 4.49. The Morgan fingerprint density at radius 2 is 1.56 bits per heavy atom. The van der Waals surface area contributed by atoms with Gasteiger partial charge in [-0.05, 0) is 29.2 Å². The Kier molecular flexibility index (Phi) is 5.24. The van der Waals surface area contributed by atoms with E-state index < -0.39 is 0 Å². The fraction of sp³-hybridized carbons (Fsp3) is 0.182. The van der Waals surface area contributed by atoms with Crippen LogP contribution in [0, 0.1) is 0 Å². The topological polar surface area (TPSA) is 41.6 Å². The van der Waals surface area contributed by atoms with Crippen molar-refractivity contribution in [3.8, 4) is 0 Å². The Labute approximate surface area is 148 Å². The second-order valence-corrected chi connectivity index (χ2v) is 6.69. The lowest BCUT2D eigenvalue weighted by Crippen LogP contribution is -2.20. The van der Waals surface area contributed by atoms with Crippen molar-refractivity contribution in [1.82, 2.24) is 15.2 Å². The number of para-hydroxylation sites is 1. The van der Waals surface area contributed by atoms with Gasteiger partial charge < -0.3 is 0 Å². The largest absolute Gasteiger partial charge is 0.285 e. The Balaban J connectivity index is 0.000000157. The monoisotopic (exact) mass is 329 g/mol. The van der Waals surface area contributed by atoms with Crippen LogP contribution in [0.3, 0.4) is 0 Å². The predicted octanol–water partition coefficient (Wildman–Crippen LogP) is 5.16. The minimum atomic E-state index is 0.135. The fourth-order valence-electron chi connectivity index (χ4n) is 2.85. The van der Waals surface area contributed by atoms with Gasteiger partial charge in [-0.15, -0.1) is 0 Å². The molecule has 3 heteroatoms. The summed E-state index contributed by atoms with van der Waals surface area (Å²) < 4.78 is 0. The highest BCUT2D eigenvalue weighted by atomic mass is 15.1. The van der Waals surface area contributed by atoms with E-state index in [4.69, 9.17) is 0 Å². The molecular formula is C22H23N3. The first kappa shape index (κ1) is 16.9. The van der Waals surface area contributed by atoms with Gasteiger partial charge in [0.05, 0.1) is 11.2 Å². The van der Waals surface area contributed by atoms with Gasteiger partial charge in [0, 0.05) is 24.2 Å². The average Bonchev–Trinajstić information content (AvgIpc) is 3.15. The van der Waals surface area contributed by atoms with Crippen LogP contribution >= 0.6 is 0 Å². The zero-order chi connectivity index (χ0) is 17.5. The molecule has 4 rings (SSSR count). The van der Waals surface area contributed by atoms with E-state index in [0.29, 0.717) is 0 Å². The van der Waals surface area contributed by atoms with Crippen molar-refractivity contribution in [2.24, 2.45) is 0 Å². The Morgan fingerprint density at radius 1 is 0.840 bits per heavy atom. The fourth-order valence-corrected chi connectivity index (χ4v) is 2.85. The van der Waals surface area contributed by atoms with Crippen molar-refractivity contribution < 1.29 is 0 Å². The van der Waals surface area contributed by atoms with Crippen LogP contribution in [0.25, 0.3) is 10.9 Å². The molecule has 0 aliphatic carbocycles. The van der Waals surface area contributed by atoms with E-state index in [0.717, 1.165) is 17.6 Å². The van der Waals surface area contributed by atoms with Crippen molar-refractivity contribution in [2.75, 3.05) is 0 Å². The Hall–Kier alpha value is -2.94. The molecule has 0 saturated carbocycles. The Bertz CT molecular complexity index is 831. The number of fused-ring (bicyclic) bond motifs is 1. The third-order valence-corrected chi connectivity index (χ3v) is 4.25. The average molecular weight is 329 g/mol. The molecule has 0 bridgehead atoms. The molecule has 2 aromatic heterocycles. The molecule has 0 spiro atoms. The van der Waals surface area contributed by atoms with Gasteiger partial charge in [0.15, 0.2) is 0 Å². The molecule has 0 fully saturated rings. The molecule has 126 valence electrons. The zero-order valence-electron chi connectivity index (χ0n) is 14.7. The molecule has 0 atom stereocenters. The van der Waals surface area contributed by atoms with Gasteiger partial charge in [-0.1, -0.05) is 68.4 Å². The third-order valence-electron chi connectivity index (χ3n) is 4.25. The van der Waals surface area contributed by atoms with Crippen LogP contribution in [0.15, 0.2) is 85.2 Å². The number of H-pyrrole nitrogens is 1. The van der Waals surface area contributed by atoms with Gasteiger partial charge in [-0.3, -0.25) is 10.1 Å². The summed E-state index contributed by atoms with van der Waals surface area (Å²) in [5.74, 6) is 0. The first-order chi connectivity index (χ1) is 12.1. The van der Waals surface area contributed by atoms with Crippen molar-refractivity contribution in [3.63, 3.8) is 0 Å². The minimum Gasteiger partial charge on any atom is -0.285 e. The summed E-state index contributed by atoms with van der Waals surface area (Å²) in [5.41, 5.74) is 3.66. The van der Waals surface area contributed by atoms with E-state index >= 15 is 0 Å². The number of pyridine rings is 1. The quantitative estimate of drug-likeness (QED) is 0.564. The standard InChI is InChI=1S/C13H16N2.C9H7N/c1-13(2,10-12-8-9-14-15-12)11-6-4-3-5-7-11;1-2-6-9-8(4-1)5-3-7-10-9/h3-9H,10H2,1-2H3,(H,14,15);1-7H. The molecule has 4 aromatic rings. The number of nitrogens with zero attached hydrogens (tertiary/aromatic N) is 2. The van der Waals surface area contributed by atoms with Crippen LogP contribution in [0.2, 0.25) is 0 Å². The molecule has 0 aliphatic heterocycles. The summed E-state index contributed by atoms with van der Waals surface area (Å²) in [5, 5.41) is 8.25. The van der Waals surface area contributed by atoms with E-state index in [9.17, 15) is 0 Å². The third kappa shape index (κ3) is 4.54. The Morgan fingerprint density at radius 3 is 2.28 bits per heavy atom. The predicted molar refractivity (Wildman–Crippen MR) is 104 cm³/mol. The number of hydrogen-bond donors (Lipinski definition) is 1. The summed E-state index contributed by atoms with van der Waals surface area (Å²) in [4.78, 5) is 4.18. The van der Waals surface area contributed by atoms with Crippen LogP contribution < -0.4 is 0 Å². The number of benzene rings is 2. The summed E-state index contributed by atoms with van der Waals surface area (Å²) in [7, 11) is 0. The van der Waals surface area contributed by atoms with Crippen LogP contribution in [0.4, 0.5) is 0 Å². The number of rotatable bonds is 3. The summed E-state index contributed by atoms with van der Waals surface area (Å²) in [6.07, 6.45) is 4.64. The molecule has 0 radical (unpaired) electrons. The molecule has 2 heterocycles. The van der Waals surface area contributed by atoms with Crippen molar-refractivity contribution in [2.45, 2.75) is 25.7 Å². The molecule has 25 heavy (non-hydrogen) atoms. The molecular weight excluding hydrogens is 306 g/mol. The number of aromatic amines is 1. The van der Waals surface area contributed by atoms with Gasteiger partial charge in [0.1, 0.15) is 0 Å². The molecule has 2 aromatic carbocycles. The van der Waals surface area contributed by atoms with Crippen LogP contribution in [0.1, 0.15) is 25.1 Å². The van der Waals surface area contributed by atoms with E-state index in [1.165, 1.54) is 10.9 Å². The highest BCUT2D eigenvalue weighted by Crippen LogP contribution is 2.26. The number of aromatic nitrogens is 3. The minimum absolute atomic E-state index is 0.135. The zero-order valence-corrected chi connectivity index (χ0v) is 14.7. The smallest absolute Gasteiger partial charge is 0.0701 e. The van der Waals surface area contributed by atoms with Crippen LogP contribution in [0.5, 0.6) is 0 Å². The second kappa shape index (κ2) is 7.75. The van der Waals surface area contributed by atoms with Gasteiger partial charge >= 0.3 is 0 Å². The highest BCUT2D eigenvalue weighted by Gasteiger charge is 2.21. The molecule has 0 aliphatic rings. The van der Waals surface area contributed by atoms with E-state index in [1.54, 1.807) is 0 Å². The van der Waals surface area contributed by atoms with Crippen molar-refractivity contribution in [3.05, 3.63) is 96.4 Å². The van der Waals surface area contributed by atoms with Crippen molar-refractivity contribution >= 4 is 10.9 Å². The van der Waals surface area contributed by atoms with Gasteiger partial charge in [0.25, 0.3) is 0 Å². The van der Waals surface area contributed by atoms with Crippen LogP contribution in [-0.2, 0) is 11.8 Å². The van der Waals surface area contributed by atoms with Gasteiger partial charge in [0.2, 0.25) is 0 Å². The lowest BCUT2D eigenvalue weighted by molar-refractivity contribution is 0.514. The highest BCUT2D eigenvalue weighted by molar-refractivity contribution is 5.77.